The highest BCUT2D eigenvalue weighted by molar-refractivity contribution is 7.54. The SMILES string of the molecule is COc1c(Cl)cc(Cl)cc1C(Nc1ccccc1)P1(=O)OCCCO1. The molecule has 1 N–H and O–H groups in total. The summed E-state index contributed by atoms with van der Waals surface area (Å²) in [6.07, 6.45) is 0.690. The van der Waals surface area contributed by atoms with Crippen LogP contribution in [0.5, 0.6) is 5.75 Å². The predicted molar refractivity (Wildman–Crippen MR) is 99.9 cm³/mol. The van der Waals surface area contributed by atoms with Gasteiger partial charge >= 0.3 is 7.60 Å². The largest absolute Gasteiger partial charge is 0.495 e. The van der Waals surface area contributed by atoms with Crippen LogP contribution in [0.3, 0.4) is 0 Å². The highest BCUT2D eigenvalue weighted by atomic mass is 35.5. The van der Waals surface area contributed by atoms with Gasteiger partial charge in [-0.2, -0.15) is 0 Å². The predicted octanol–water partition coefficient (Wildman–Crippen LogP) is 5.74. The van der Waals surface area contributed by atoms with Gasteiger partial charge in [-0.3, -0.25) is 4.57 Å². The molecule has 1 unspecified atom stereocenters. The van der Waals surface area contributed by atoms with Crippen molar-refractivity contribution >= 4 is 36.5 Å². The van der Waals surface area contributed by atoms with E-state index in [0.717, 1.165) is 5.69 Å². The molecule has 2 aromatic rings. The molecule has 5 nitrogen and oxygen atoms in total. The zero-order chi connectivity index (χ0) is 17.9. The Morgan fingerprint density at radius 2 is 1.84 bits per heavy atom. The lowest BCUT2D eigenvalue weighted by molar-refractivity contribution is 0.141. The molecular formula is C17H18Cl2NO4P. The molecule has 1 atom stereocenters. The van der Waals surface area contributed by atoms with Gasteiger partial charge < -0.3 is 19.1 Å². The van der Waals surface area contributed by atoms with Crippen molar-refractivity contribution < 1.29 is 18.3 Å². The summed E-state index contributed by atoms with van der Waals surface area (Å²) in [6.45, 7) is 0.724. The highest BCUT2D eigenvalue weighted by Gasteiger charge is 2.41. The number of para-hydroxylation sites is 1. The van der Waals surface area contributed by atoms with Crippen molar-refractivity contribution in [3.05, 3.63) is 58.1 Å². The van der Waals surface area contributed by atoms with Crippen LogP contribution in [0.25, 0.3) is 0 Å². The third-order valence-electron chi connectivity index (χ3n) is 3.76. The van der Waals surface area contributed by atoms with Gasteiger partial charge in [0.1, 0.15) is 5.75 Å². The summed E-state index contributed by atoms with van der Waals surface area (Å²) in [7, 11) is -2.00. The first-order valence-corrected chi connectivity index (χ1v) is 10.1. The first-order valence-electron chi connectivity index (χ1n) is 7.77. The van der Waals surface area contributed by atoms with Gasteiger partial charge in [-0.15, -0.1) is 0 Å². The average molecular weight is 402 g/mol. The van der Waals surface area contributed by atoms with E-state index in [1.165, 1.54) is 7.11 Å². The Balaban J connectivity index is 2.09. The summed E-state index contributed by atoms with van der Waals surface area (Å²) in [5.41, 5.74) is 1.28. The Kier molecular flexibility index (Phi) is 5.92. The van der Waals surface area contributed by atoms with Crippen molar-refractivity contribution in [2.45, 2.75) is 12.2 Å². The van der Waals surface area contributed by atoms with E-state index >= 15 is 0 Å². The van der Waals surface area contributed by atoms with Crippen LogP contribution in [0.2, 0.25) is 10.0 Å². The van der Waals surface area contributed by atoms with Crippen molar-refractivity contribution in [2.24, 2.45) is 0 Å². The second-order valence-corrected chi connectivity index (χ2v) is 8.44. The maximum atomic E-state index is 13.4. The van der Waals surface area contributed by atoms with Crippen molar-refractivity contribution in [3.63, 3.8) is 0 Å². The number of halogens is 2. The van der Waals surface area contributed by atoms with Gasteiger partial charge in [-0.25, -0.2) is 0 Å². The lowest BCUT2D eigenvalue weighted by atomic mass is 10.2. The van der Waals surface area contributed by atoms with Gasteiger partial charge in [0.25, 0.3) is 0 Å². The lowest BCUT2D eigenvalue weighted by Gasteiger charge is -2.32. The molecule has 0 aromatic heterocycles. The van der Waals surface area contributed by atoms with Gasteiger partial charge in [0.2, 0.25) is 0 Å². The third kappa shape index (κ3) is 4.13. The van der Waals surface area contributed by atoms with E-state index in [1.807, 2.05) is 30.3 Å². The zero-order valence-corrected chi connectivity index (χ0v) is 16.0. The summed E-state index contributed by atoms with van der Waals surface area (Å²) in [6, 6.07) is 12.6. The van der Waals surface area contributed by atoms with Crippen LogP contribution in [0.4, 0.5) is 5.69 Å². The fraction of sp³-hybridized carbons (Fsp3) is 0.294. The number of benzene rings is 2. The molecule has 0 aliphatic carbocycles. The number of ether oxygens (including phenoxy) is 1. The number of anilines is 1. The summed E-state index contributed by atoms with van der Waals surface area (Å²) >= 11 is 12.4. The molecule has 0 radical (unpaired) electrons. The van der Waals surface area contributed by atoms with Crippen LogP contribution in [-0.4, -0.2) is 20.3 Å². The van der Waals surface area contributed by atoms with Crippen molar-refractivity contribution in [2.75, 3.05) is 25.6 Å². The first kappa shape index (κ1) is 18.6. The van der Waals surface area contributed by atoms with E-state index < -0.39 is 13.4 Å². The van der Waals surface area contributed by atoms with Crippen LogP contribution in [-0.2, 0) is 13.6 Å². The van der Waals surface area contributed by atoms with E-state index in [0.29, 0.717) is 41.0 Å². The number of hydrogen-bond donors (Lipinski definition) is 1. The summed E-state index contributed by atoms with van der Waals surface area (Å²) in [5, 5.41) is 3.96. The van der Waals surface area contributed by atoms with E-state index in [2.05, 4.69) is 5.32 Å². The molecule has 2 aromatic carbocycles. The van der Waals surface area contributed by atoms with Crippen LogP contribution in [0.1, 0.15) is 17.8 Å². The molecule has 1 aliphatic rings. The molecule has 8 heteroatoms. The standard InChI is InChI=1S/C17H18Cl2NO4P/c1-22-16-14(10-12(18)11-15(16)19)17(20-13-6-3-2-4-7-13)25(21)23-8-5-9-24-25/h2-4,6-7,10-11,17,20H,5,8-9H2,1H3. The number of hydrogen-bond acceptors (Lipinski definition) is 5. The van der Waals surface area contributed by atoms with Crippen molar-refractivity contribution in [1.82, 2.24) is 0 Å². The normalized spacial score (nSPS) is 17.7. The third-order valence-corrected chi connectivity index (χ3v) is 6.38. The Labute approximate surface area is 156 Å². The summed E-state index contributed by atoms with van der Waals surface area (Å²) in [4.78, 5) is 0. The van der Waals surface area contributed by atoms with Gasteiger partial charge in [-0.1, -0.05) is 41.4 Å². The minimum absolute atomic E-state index is 0.327. The Morgan fingerprint density at radius 1 is 1.16 bits per heavy atom. The molecular weight excluding hydrogens is 384 g/mol. The van der Waals surface area contributed by atoms with Crippen molar-refractivity contribution in [1.29, 1.82) is 0 Å². The maximum Gasteiger partial charge on any atom is 0.357 e. The van der Waals surface area contributed by atoms with Crippen LogP contribution in [0.15, 0.2) is 42.5 Å². The molecule has 0 amide bonds. The number of methoxy groups -OCH3 is 1. The van der Waals surface area contributed by atoms with Crippen LogP contribution in [0, 0.1) is 0 Å². The maximum absolute atomic E-state index is 13.4. The first-order chi connectivity index (χ1) is 12.0. The van der Waals surface area contributed by atoms with Gasteiger partial charge in [0.05, 0.1) is 25.3 Å². The zero-order valence-electron chi connectivity index (χ0n) is 13.6. The molecule has 1 saturated heterocycles. The minimum Gasteiger partial charge on any atom is -0.495 e. The van der Waals surface area contributed by atoms with E-state index in [4.69, 9.17) is 37.0 Å². The van der Waals surface area contributed by atoms with E-state index in [9.17, 15) is 4.57 Å². The monoisotopic (exact) mass is 401 g/mol. The lowest BCUT2D eigenvalue weighted by Crippen LogP contribution is -2.20. The Hall–Kier alpha value is -1.23. The van der Waals surface area contributed by atoms with Gasteiger partial charge in [-0.05, 0) is 30.7 Å². The van der Waals surface area contributed by atoms with Crippen LogP contribution < -0.4 is 10.1 Å². The fourth-order valence-corrected chi connectivity index (χ4v) is 5.21. The molecule has 25 heavy (non-hydrogen) atoms. The molecule has 0 bridgehead atoms. The van der Waals surface area contributed by atoms with Crippen LogP contribution >= 0.6 is 30.8 Å². The van der Waals surface area contributed by atoms with Gasteiger partial charge in [0.15, 0.2) is 5.78 Å². The highest BCUT2D eigenvalue weighted by Crippen LogP contribution is 2.64. The minimum atomic E-state index is -3.50. The van der Waals surface area contributed by atoms with E-state index in [1.54, 1.807) is 12.1 Å². The smallest absolute Gasteiger partial charge is 0.357 e. The Morgan fingerprint density at radius 3 is 2.48 bits per heavy atom. The second-order valence-electron chi connectivity index (χ2n) is 5.48. The van der Waals surface area contributed by atoms with Crippen molar-refractivity contribution in [3.8, 4) is 5.75 Å². The molecule has 3 rings (SSSR count). The fourth-order valence-electron chi connectivity index (χ4n) is 2.65. The number of rotatable bonds is 5. The molecule has 0 spiro atoms. The molecule has 1 heterocycles. The molecule has 1 fully saturated rings. The molecule has 0 saturated carbocycles. The summed E-state index contributed by atoms with van der Waals surface area (Å²) < 4.78 is 29.9. The van der Waals surface area contributed by atoms with Gasteiger partial charge in [0, 0.05) is 16.3 Å². The Bertz CT molecular complexity index is 778. The average Bonchev–Trinajstić information content (AvgIpc) is 2.60. The van der Waals surface area contributed by atoms with E-state index in [-0.39, 0.29) is 0 Å². The summed E-state index contributed by atoms with van der Waals surface area (Å²) in [5.74, 6) is -0.422. The molecule has 134 valence electrons. The molecule has 1 aliphatic heterocycles. The number of nitrogens with one attached hydrogen (secondary N) is 1. The second kappa shape index (κ2) is 7.98. The quantitative estimate of drug-likeness (QED) is 0.647. The topological polar surface area (TPSA) is 56.8 Å².